The number of alkyl halides is 5. The Morgan fingerprint density at radius 2 is 1.74 bits per heavy atom. The summed E-state index contributed by atoms with van der Waals surface area (Å²) in [5.41, 5.74) is 0.169. The molecule has 0 spiro atoms. The van der Waals surface area contributed by atoms with E-state index < -0.39 is 44.8 Å². The Labute approximate surface area is 221 Å². The van der Waals surface area contributed by atoms with Crippen LogP contribution in [0.2, 0.25) is 0 Å². The molecule has 2 atom stereocenters. The molecule has 0 aromatic heterocycles. The summed E-state index contributed by atoms with van der Waals surface area (Å²) in [6.45, 7) is -0.454. The monoisotopic (exact) mass is 570 g/mol. The van der Waals surface area contributed by atoms with Gasteiger partial charge in [0, 0.05) is 18.7 Å². The minimum atomic E-state index is -4.73. The van der Waals surface area contributed by atoms with E-state index in [2.05, 4.69) is 16.6 Å². The highest BCUT2D eigenvalue weighted by Crippen LogP contribution is 2.44. The number of anilines is 2. The molecule has 1 fully saturated rings. The van der Waals surface area contributed by atoms with Crippen molar-refractivity contribution in [2.24, 2.45) is 5.92 Å². The van der Waals surface area contributed by atoms with Gasteiger partial charge in [0.2, 0.25) is 0 Å². The quantitative estimate of drug-likeness (QED) is 0.313. The van der Waals surface area contributed by atoms with Gasteiger partial charge in [-0.3, -0.25) is 4.31 Å². The molecule has 2 aliphatic heterocycles. The third kappa shape index (κ3) is 5.39. The Morgan fingerprint density at radius 3 is 2.46 bits per heavy atom. The minimum Gasteiger partial charge on any atom is -0.435 e. The first-order chi connectivity index (χ1) is 18.3. The van der Waals surface area contributed by atoms with Crippen LogP contribution in [0.4, 0.5) is 37.7 Å². The van der Waals surface area contributed by atoms with E-state index in [-0.39, 0.29) is 23.8 Å². The predicted octanol–water partition coefficient (Wildman–Crippen LogP) is 6.93. The maximum atomic E-state index is 14.3. The normalized spacial score (nSPS) is 19.6. The number of benzene rings is 3. The van der Waals surface area contributed by atoms with Crippen molar-refractivity contribution in [1.29, 1.82) is 0 Å². The van der Waals surface area contributed by atoms with E-state index in [1.165, 1.54) is 12.1 Å². The van der Waals surface area contributed by atoms with Crippen molar-refractivity contribution in [2.75, 3.05) is 22.3 Å². The number of fused-ring (bicyclic) bond motifs is 3. The van der Waals surface area contributed by atoms with E-state index in [1.54, 1.807) is 12.1 Å². The second-order valence-electron chi connectivity index (χ2n) is 9.80. The minimum absolute atomic E-state index is 0.00225. The molecule has 39 heavy (non-hydrogen) atoms. The van der Waals surface area contributed by atoms with Crippen LogP contribution in [-0.4, -0.2) is 34.2 Å². The molecule has 0 N–H and O–H groups in total. The van der Waals surface area contributed by atoms with Gasteiger partial charge in [0.15, 0.2) is 0 Å². The molecule has 0 saturated carbocycles. The fourth-order valence-corrected chi connectivity index (χ4v) is 6.82. The van der Waals surface area contributed by atoms with Crippen LogP contribution in [0.1, 0.15) is 25.3 Å². The molecule has 0 amide bonds. The van der Waals surface area contributed by atoms with Crippen LogP contribution in [0.15, 0.2) is 65.6 Å². The van der Waals surface area contributed by atoms with E-state index in [0.29, 0.717) is 36.2 Å². The Bertz CT molecular complexity index is 1500. The van der Waals surface area contributed by atoms with Gasteiger partial charge in [0.05, 0.1) is 28.4 Å². The molecule has 12 heteroatoms. The largest absolute Gasteiger partial charge is 0.435 e. The Balaban J connectivity index is 1.64. The van der Waals surface area contributed by atoms with Crippen LogP contribution < -0.4 is 13.9 Å². The molecule has 1 saturated heterocycles. The fourth-order valence-electron chi connectivity index (χ4n) is 5.27. The number of rotatable bonds is 5. The molecule has 208 valence electrons. The molecule has 0 radical (unpaired) electrons. The fraction of sp³-hybridized carbons (Fsp3) is 0.333. The molecule has 0 aliphatic carbocycles. The molecule has 2 aliphatic rings. The summed E-state index contributed by atoms with van der Waals surface area (Å²) in [5, 5.41) is 0. The van der Waals surface area contributed by atoms with E-state index in [0.717, 1.165) is 41.1 Å². The van der Waals surface area contributed by atoms with E-state index in [1.807, 2.05) is 0 Å². The van der Waals surface area contributed by atoms with Crippen molar-refractivity contribution < 1.29 is 39.5 Å². The molecule has 1 unspecified atom stereocenters. The maximum absolute atomic E-state index is 14.3. The summed E-state index contributed by atoms with van der Waals surface area (Å²) in [5.74, 6) is -0.915. The summed E-state index contributed by atoms with van der Waals surface area (Å²) >= 11 is 0. The number of sulfonamides is 1. The van der Waals surface area contributed by atoms with Crippen LogP contribution >= 0.6 is 0 Å². The van der Waals surface area contributed by atoms with Gasteiger partial charge in [-0.15, -0.1) is 0 Å². The number of nitrogens with zero attached hydrogens (tertiary/aromatic N) is 2. The lowest BCUT2D eigenvalue weighted by Crippen LogP contribution is -2.54. The van der Waals surface area contributed by atoms with Crippen LogP contribution in [0.25, 0.3) is 11.1 Å². The van der Waals surface area contributed by atoms with Gasteiger partial charge >= 0.3 is 12.8 Å². The van der Waals surface area contributed by atoms with E-state index in [4.69, 9.17) is 0 Å². The van der Waals surface area contributed by atoms with E-state index >= 15 is 0 Å². The highest BCUT2D eigenvalue weighted by atomic mass is 32.2. The number of piperidine rings is 1. The Hall–Kier alpha value is -3.41. The summed E-state index contributed by atoms with van der Waals surface area (Å²) in [4.78, 5) is 1.57. The highest BCUT2D eigenvalue weighted by Gasteiger charge is 2.40. The molecular formula is C27H24F6N2O3S. The standard InChI is InChI=1S/C27H24F6N2O3S/c1-16-7-8-34-21(9-16)15-35(39(36,37)23-4-2-3-19(13-23)27(31,32)33)25-12-17(5-6-24(25)34)18-10-20(28)14-22(11-18)38-26(29)30/h2-6,10-14,16,21,26H,7-9,15H2,1H3/t16?,21-/m0/s1. The van der Waals surface area contributed by atoms with Crippen molar-refractivity contribution in [1.82, 2.24) is 0 Å². The summed E-state index contributed by atoms with van der Waals surface area (Å²) < 4.78 is 113. The van der Waals surface area contributed by atoms with Crippen molar-refractivity contribution in [3.63, 3.8) is 0 Å². The lowest BCUT2D eigenvalue weighted by molar-refractivity contribution is -0.137. The maximum Gasteiger partial charge on any atom is 0.416 e. The van der Waals surface area contributed by atoms with Gasteiger partial charge in [0.1, 0.15) is 11.6 Å². The second-order valence-corrected chi connectivity index (χ2v) is 11.7. The SMILES string of the molecule is CC1CCN2c3ccc(-c4cc(F)cc(OC(F)F)c4)cc3N(S(=O)(=O)c3cccc(C(F)(F)F)c3)C[C@@H]2C1. The molecule has 5 rings (SSSR count). The number of hydrogen-bond acceptors (Lipinski definition) is 4. The predicted molar refractivity (Wildman–Crippen MR) is 134 cm³/mol. The first-order valence-electron chi connectivity index (χ1n) is 12.2. The van der Waals surface area contributed by atoms with Crippen molar-refractivity contribution in [2.45, 2.75) is 43.5 Å². The number of ether oxygens (including phenoxy) is 1. The molecule has 2 heterocycles. The zero-order chi connectivity index (χ0) is 28.1. The van der Waals surface area contributed by atoms with Crippen LogP contribution in [-0.2, 0) is 16.2 Å². The Morgan fingerprint density at radius 1 is 0.974 bits per heavy atom. The molecule has 3 aromatic rings. The zero-order valence-electron chi connectivity index (χ0n) is 20.6. The topological polar surface area (TPSA) is 49.9 Å². The average molecular weight is 571 g/mol. The van der Waals surface area contributed by atoms with Gasteiger partial charge < -0.3 is 9.64 Å². The summed E-state index contributed by atoms with van der Waals surface area (Å²) in [6.07, 6.45) is -3.17. The lowest BCUT2D eigenvalue weighted by Gasteiger charge is -2.48. The van der Waals surface area contributed by atoms with Gasteiger partial charge in [-0.05, 0) is 72.4 Å². The highest BCUT2D eigenvalue weighted by molar-refractivity contribution is 7.92. The second kappa shape index (κ2) is 9.96. The molecule has 3 aromatic carbocycles. The molecular weight excluding hydrogens is 546 g/mol. The number of halogens is 6. The first-order valence-corrected chi connectivity index (χ1v) is 13.6. The van der Waals surface area contributed by atoms with Crippen molar-refractivity contribution >= 4 is 21.4 Å². The summed E-state index contributed by atoms with van der Waals surface area (Å²) in [6, 6.07) is 11.2. The first kappa shape index (κ1) is 27.2. The van der Waals surface area contributed by atoms with Gasteiger partial charge in [-0.1, -0.05) is 19.1 Å². The zero-order valence-corrected chi connectivity index (χ0v) is 21.4. The summed E-state index contributed by atoms with van der Waals surface area (Å²) in [7, 11) is -4.45. The van der Waals surface area contributed by atoms with Crippen molar-refractivity contribution in [3.8, 4) is 16.9 Å². The van der Waals surface area contributed by atoms with Gasteiger partial charge in [-0.2, -0.15) is 22.0 Å². The van der Waals surface area contributed by atoms with E-state index in [9.17, 15) is 34.8 Å². The third-order valence-electron chi connectivity index (χ3n) is 7.09. The smallest absolute Gasteiger partial charge is 0.416 e. The average Bonchev–Trinajstić information content (AvgIpc) is 2.86. The van der Waals surface area contributed by atoms with Crippen LogP contribution in [0.5, 0.6) is 5.75 Å². The van der Waals surface area contributed by atoms with Gasteiger partial charge in [-0.25, -0.2) is 12.8 Å². The lowest BCUT2D eigenvalue weighted by atomic mass is 9.90. The Kier molecular flexibility index (Phi) is 6.94. The van der Waals surface area contributed by atoms with Crippen LogP contribution in [0.3, 0.4) is 0 Å². The number of hydrogen-bond donors (Lipinski definition) is 0. The third-order valence-corrected chi connectivity index (χ3v) is 8.86. The molecule has 5 nitrogen and oxygen atoms in total. The van der Waals surface area contributed by atoms with Crippen molar-refractivity contribution in [3.05, 3.63) is 72.0 Å². The molecule has 0 bridgehead atoms. The van der Waals surface area contributed by atoms with Crippen LogP contribution in [0, 0.1) is 11.7 Å². The van der Waals surface area contributed by atoms with Gasteiger partial charge in [0.25, 0.3) is 10.0 Å².